The minimum Gasteiger partial charge on any atom is -0.287 e. The maximum absolute atomic E-state index is 13.6. The third-order valence-electron chi connectivity index (χ3n) is 2.10. The van der Waals surface area contributed by atoms with Gasteiger partial charge in [0.25, 0.3) is 0 Å². The van der Waals surface area contributed by atoms with Crippen molar-refractivity contribution in [3.05, 3.63) is 46.0 Å². The summed E-state index contributed by atoms with van der Waals surface area (Å²) >= 11 is 0.952. The van der Waals surface area contributed by atoms with Gasteiger partial charge in [0.05, 0.1) is 5.56 Å². The lowest BCUT2D eigenvalue weighted by atomic mass is 10.0. The van der Waals surface area contributed by atoms with E-state index in [1.165, 1.54) is 18.4 Å². The molecule has 0 N–H and O–H groups in total. The van der Waals surface area contributed by atoms with E-state index in [4.69, 9.17) is 0 Å². The van der Waals surface area contributed by atoms with Crippen LogP contribution in [0.25, 0.3) is 0 Å². The zero-order valence-corrected chi connectivity index (χ0v) is 9.02. The van der Waals surface area contributed by atoms with Gasteiger partial charge >= 0.3 is 0 Å². The van der Waals surface area contributed by atoms with E-state index < -0.39 is 23.0 Å². The van der Waals surface area contributed by atoms with Crippen LogP contribution < -0.4 is 0 Å². The molecule has 0 saturated heterocycles. The van der Waals surface area contributed by atoms with Gasteiger partial charge in [0.1, 0.15) is 17.3 Å². The van der Waals surface area contributed by atoms with Crippen LogP contribution >= 0.6 is 11.5 Å². The fraction of sp³-hybridized carbons (Fsp3) is 0.100. The summed E-state index contributed by atoms with van der Waals surface area (Å²) in [5, 5.41) is 4.84. The van der Waals surface area contributed by atoms with Crippen LogP contribution in [0, 0.1) is 18.6 Å². The zero-order valence-electron chi connectivity index (χ0n) is 8.20. The number of aromatic nitrogens is 2. The highest BCUT2D eigenvalue weighted by Crippen LogP contribution is 2.19. The predicted molar refractivity (Wildman–Crippen MR) is 54.4 cm³/mol. The largest absolute Gasteiger partial charge is 0.287 e. The van der Waals surface area contributed by atoms with Gasteiger partial charge in [-0.1, -0.05) is 10.6 Å². The molecule has 2 aromatic rings. The smallest absolute Gasteiger partial charge is 0.220 e. The molecule has 0 atom stereocenters. The fourth-order valence-electron chi connectivity index (χ4n) is 1.26. The fourth-order valence-corrected chi connectivity index (χ4v) is 1.69. The molecule has 1 aromatic carbocycles. The molecule has 2 rings (SSSR count). The predicted octanol–water partition coefficient (Wildman–Crippen LogP) is 2.36. The van der Waals surface area contributed by atoms with Crippen LogP contribution in [-0.2, 0) is 0 Å². The van der Waals surface area contributed by atoms with Crippen LogP contribution in [0.4, 0.5) is 8.78 Å². The second-order valence-electron chi connectivity index (χ2n) is 3.17. The third kappa shape index (κ3) is 1.71. The van der Waals surface area contributed by atoms with E-state index in [2.05, 4.69) is 9.59 Å². The van der Waals surface area contributed by atoms with Crippen molar-refractivity contribution in [2.75, 3.05) is 0 Å². The quantitative estimate of drug-likeness (QED) is 0.757. The van der Waals surface area contributed by atoms with E-state index in [9.17, 15) is 13.6 Å². The molecule has 1 heterocycles. The number of carbonyl (C=O) groups is 1. The standard InChI is InChI=1S/C10H6F2N2OS/c1-5-2-3-6(11)8(9(5)12)10(15)7-4-16-14-13-7/h2-4H,1H3. The maximum Gasteiger partial charge on any atom is 0.220 e. The Labute approximate surface area is 93.9 Å². The van der Waals surface area contributed by atoms with E-state index >= 15 is 0 Å². The number of aryl methyl sites for hydroxylation is 1. The molecule has 0 saturated carbocycles. The SMILES string of the molecule is Cc1ccc(F)c(C(=O)c2csnn2)c1F. The second-order valence-corrected chi connectivity index (χ2v) is 3.78. The van der Waals surface area contributed by atoms with Gasteiger partial charge in [0.15, 0.2) is 0 Å². The van der Waals surface area contributed by atoms with Crippen molar-refractivity contribution in [3.63, 3.8) is 0 Å². The first-order valence-corrected chi connectivity index (χ1v) is 5.21. The molecule has 0 aliphatic rings. The van der Waals surface area contributed by atoms with Crippen LogP contribution in [0.3, 0.4) is 0 Å². The lowest BCUT2D eigenvalue weighted by Crippen LogP contribution is -2.09. The molecule has 82 valence electrons. The van der Waals surface area contributed by atoms with Crippen molar-refractivity contribution in [2.24, 2.45) is 0 Å². The van der Waals surface area contributed by atoms with E-state index in [0.29, 0.717) is 0 Å². The molecular weight excluding hydrogens is 234 g/mol. The van der Waals surface area contributed by atoms with Crippen LogP contribution in [0.5, 0.6) is 0 Å². The minimum atomic E-state index is -0.888. The Kier molecular flexibility index (Phi) is 2.74. The van der Waals surface area contributed by atoms with Crippen LogP contribution in [0.15, 0.2) is 17.5 Å². The lowest BCUT2D eigenvalue weighted by molar-refractivity contribution is 0.102. The summed E-state index contributed by atoms with van der Waals surface area (Å²) in [6, 6.07) is 2.34. The Balaban J connectivity index is 2.56. The van der Waals surface area contributed by atoms with Gasteiger partial charge in [-0.3, -0.25) is 4.79 Å². The van der Waals surface area contributed by atoms with Gasteiger partial charge in [0.2, 0.25) is 5.78 Å². The summed E-state index contributed by atoms with van der Waals surface area (Å²) in [5.41, 5.74) is -0.408. The van der Waals surface area contributed by atoms with Crippen molar-refractivity contribution < 1.29 is 13.6 Å². The number of rotatable bonds is 2. The third-order valence-corrected chi connectivity index (χ3v) is 2.61. The average Bonchev–Trinajstić information content (AvgIpc) is 2.77. The number of benzene rings is 1. The summed E-state index contributed by atoms with van der Waals surface area (Å²) in [4.78, 5) is 11.7. The molecule has 3 nitrogen and oxygen atoms in total. The highest BCUT2D eigenvalue weighted by molar-refractivity contribution is 7.03. The van der Waals surface area contributed by atoms with Gasteiger partial charge in [-0.25, -0.2) is 8.78 Å². The Morgan fingerprint density at radius 1 is 1.38 bits per heavy atom. The molecule has 0 aliphatic carbocycles. The van der Waals surface area contributed by atoms with Crippen molar-refractivity contribution in [1.29, 1.82) is 0 Å². The summed E-state index contributed by atoms with van der Waals surface area (Å²) in [6.07, 6.45) is 0. The normalized spacial score (nSPS) is 10.4. The van der Waals surface area contributed by atoms with Crippen molar-refractivity contribution in [2.45, 2.75) is 6.92 Å². The highest BCUT2D eigenvalue weighted by atomic mass is 32.1. The van der Waals surface area contributed by atoms with E-state index in [0.717, 1.165) is 17.6 Å². The summed E-state index contributed by atoms with van der Waals surface area (Å²) in [7, 11) is 0. The van der Waals surface area contributed by atoms with Crippen LogP contribution in [0.1, 0.15) is 21.6 Å². The van der Waals surface area contributed by atoms with Crippen molar-refractivity contribution in [1.82, 2.24) is 9.59 Å². The number of carbonyl (C=O) groups excluding carboxylic acids is 1. The van der Waals surface area contributed by atoms with Crippen molar-refractivity contribution in [3.8, 4) is 0 Å². The van der Waals surface area contributed by atoms with Gasteiger partial charge in [-0.15, -0.1) is 5.10 Å². The molecule has 0 aliphatic heterocycles. The molecule has 0 bridgehead atoms. The van der Waals surface area contributed by atoms with Gasteiger partial charge in [-0.2, -0.15) is 0 Å². The maximum atomic E-state index is 13.6. The molecule has 16 heavy (non-hydrogen) atoms. The Morgan fingerprint density at radius 3 is 2.75 bits per heavy atom. The second kappa shape index (κ2) is 4.05. The first kappa shape index (κ1) is 10.8. The van der Waals surface area contributed by atoms with E-state index in [1.807, 2.05) is 0 Å². The average molecular weight is 240 g/mol. The highest BCUT2D eigenvalue weighted by Gasteiger charge is 2.22. The monoisotopic (exact) mass is 240 g/mol. The van der Waals surface area contributed by atoms with Gasteiger partial charge in [-0.05, 0) is 30.1 Å². The molecule has 6 heteroatoms. The van der Waals surface area contributed by atoms with E-state index in [-0.39, 0.29) is 11.3 Å². The Morgan fingerprint density at radius 2 is 2.12 bits per heavy atom. The lowest BCUT2D eigenvalue weighted by Gasteiger charge is -2.03. The Hall–Kier alpha value is -1.69. The first-order valence-electron chi connectivity index (χ1n) is 4.37. The summed E-state index contributed by atoms with van der Waals surface area (Å²) in [6.45, 7) is 1.46. The number of nitrogens with zero attached hydrogens (tertiary/aromatic N) is 2. The molecule has 0 radical (unpaired) electrons. The molecule has 0 fully saturated rings. The topological polar surface area (TPSA) is 42.9 Å². The van der Waals surface area contributed by atoms with Crippen LogP contribution in [-0.4, -0.2) is 15.4 Å². The Bertz CT molecular complexity index is 540. The van der Waals surface area contributed by atoms with Crippen LogP contribution in [0.2, 0.25) is 0 Å². The minimum absolute atomic E-state index is 0.0478. The molecule has 0 spiro atoms. The first-order chi connectivity index (χ1) is 7.61. The number of hydrogen-bond donors (Lipinski definition) is 0. The van der Waals surface area contributed by atoms with Gasteiger partial charge < -0.3 is 0 Å². The van der Waals surface area contributed by atoms with Gasteiger partial charge in [0, 0.05) is 5.38 Å². The summed E-state index contributed by atoms with van der Waals surface area (Å²) < 4.78 is 30.4. The number of ketones is 1. The number of hydrogen-bond acceptors (Lipinski definition) is 4. The zero-order chi connectivity index (χ0) is 11.7. The number of halogens is 2. The van der Waals surface area contributed by atoms with Crippen molar-refractivity contribution >= 4 is 17.3 Å². The molecule has 1 aromatic heterocycles. The molecule has 0 amide bonds. The molecule has 0 unspecified atom stereocenters. The summed E-state index contributed by atoms with van der Waals surface area (Å²) in [5.74, 6) is -2.52. The van der Waals surface area contributed by atoms with E-state index in [1.54, 1.807) is 0 Å². The molecular formula is C10H6F2N2OS.